The van der Waals surface area contributed by atoms with Gasteiger partial charge in [-0.2, -0.15) is 0 Å². The van der Waals surface area contributed by atoms with Crippen LogP contribution in [-0.4, -0.2) is 24.9 Å². The third kappa shape index (κ3) is 4.39. The van der Waals surface area contributed by atoms with Gasteiger partial charge in [0.25, 0.3) is 0 Å². The van der Waals surface area contributed by atoms with Crippen LogP contribution in [0, 0.1) is 6.92 Å². The van der Waals surface area contributed by atoms with Gasteiger partial charge in [0, 0.05) is 34.5 Å². The number of hydrogen-bond acceptors (Lipinski definition) is 3. The molecule has 1 aliphatic heterocycles. The zero-order valence-corrected chi connectivity index (χ0v) is 15.6. The molecule has 0 unspecified atom stereocenters. The van der Waals surface area contributed by atoms with Crippen molar-refractivity contribution < 1.29 is 9.59 Å². The number of carbonyl (C=O) groups excluding carboxylic acids is 2. The minimum atomic E-state index is -0.118. The number of hydrogen-bond donors (Lipinski definition) is 2. The van der Waals surface area contributed by atoms with E-state index in [0.717, 1.165) is 40.1 Å². The summed E-state index contributed by atoms with van der Waals surface area (Å²) >= 11 is 3.42. The van der Waals surface area contributed by atoms with Crippen molar-refractivity contribution in [2.24, 2.45) is 0 Å². The molecule has 2 amide bonds. The highest BCUT2D eigenvalue weighted by atomic mass is 79.9. The highest BCUT2D eigenvalue weighted by Gasteiger charge is 2.21. The molecule has 0 bridgehead atoms. The summed E-state index contributed by atoms with van der Waals surface area (Å²) in [5.74, 6) is 0.0400. The average Bonchev–Trinajstić information content (AvgIpc) is 3.01. The number of nitrogens with zero attached hydrogens (tertiary/aromatic N) is 1. The Kier molecular flexibility index (Phi) is 5.38. The van der Waals surface area contributed by atoms with E-state index < -0.39 is 0 Å². The first kappa shape index (κ1) is 17.5. The number of carbonyl (C=O) groups is 2. The van der Waals surface area contributed by atoms with Gasteiger partial charge in [-0.05, 0) is 61.4 Å². The molecule has 1 saturated heterocycles. The molecule has 1 heterocycles. The van der Waals surface area contributed by atoms with Crippen molar-refractivity contribution in [1.29, 1.82) is 0 Å². The fraction of sp³-hybridized carbons (Fsp3) is 0.263. The SMILES string of the molecule is Cc1cc(Br)ccc1NCC(=O)Nc1ccc(N2CCCC2=O)cc1. The molecule has 25 heavy (non-hydrogen) atoms. The van der Waals surface area contributed by atoms with Gasteiger partial charge in [0.1, 0.15) is 0 Å². The van der Waals surface area contributed by atoms with E-state index in [9.17, 15) is 9.59 Å². The number of halogens is 1. The number of aryl methyl sites for hydroxylation is 1. The molecule has 6 heteroatoms. The predicted octanol–water partition coefficient (Wildman–Crippen LogP) is 3.93. The summed E-state index contributed by atoms with van der Waals surface area (Å²) in [6, 6.07) is 13.3. The molecule has 0 spiro atoms. The van der Waals surface area contributed by atoms with E-state index in [4.69, 9.17) is 0 Å². The van der Waals surface area contributed by atoms with Gasteiger partial charge >= 0.3 is 0 Å². The van der Waals surface area contributed by atoms with E-state index >= 15 is 0 Å². The molecule has 2 aromatic rings. The number of anilines is 3. The molecule has 0 saturated carbocycles. The van der Waals surface area contributed by atoms with Gasteiger partial charge in [0.05, 0.1) is 6.54 Å². The lowest BCUT2D eigenvalue weighted by Gasteiger charge is -2.16. The zero-order valence-electron chi connectivity index (χ0n) is 14.0. The summed E-state index contributed by atoms with van der Waals surface area (Å²) in [6.07, 6.45) is 1.51. The smallest absolute Gasteiger partial charge is 0.243 e. The van der Waals surface area contributed by atoms with Crippen molar-refractivity contribution in [2.45, 2.75) is 19.8 Å². The lowest BCUT2D eigenvalue weighted by Crippen LogP contribution is -2.24. The maximum Gasteiger partial charge on any atom is 0.243 e. The third-order valence-corrected chi connectivity index (χ3v) is 4.66. The van der Waals surface area contributed by atoms with Crippen LogP contribution in [0.2, 0.25) is 0 Å². The van der Waals surface area contributed by atoms with E-state index in [0.29, 0.717) is 6.42 Å². The first-order valence-corrected chi connectivity index (χ1v) is 9.02. The topological polar surface area (TPSA) is 61.4 Å². The summed E-state index contributed by atoms with van der Waals surface area (Å²) in [6.45, 7) is 2.94. The van der Waals surface area contributed by atoms with Crippen molar-refractivity contribution in [3.8, 4) is 0 Å². The molecular weight excluding hydrogens is 382 g/mol. The van der Waals surface area contributed by atoms with Crippen LogP contribution in [0.4, 0.5) is 17.1 Å². The Morgan fingerprint density at radius 3 is 2.60 bits per heavy atom. The van der Waals surface area contributed by atoms with E-state index in [-0.39, 0.29) is 18.4 Å². The molecule has 130 valence electrons. The zero-order chi connectivity index (χ0) is 17.8. The van der Waals surface area contributed by atoms with Crippen LogP contribution in [0.3, 0.4) is 0 Å². The predicted molar refractivity (Wildman–Crippen MR) is 104 cm³/mol. The van der Waals surface area contributed by atoms with Crippen LogP contribution in [0.15, 0.2) is 46.9 Å². The Morgan fingerprint density at radius 2 is 1.96 bits per heavy atom. The van der Waals surface area contributed by atoms with Crippen LogP contribution >= 0.6 is 15.9 Å². The van der Waals surface area contributed by atoms with Crippen molar-refractivity contribution >= 4 is 44.8 Å². The summed E-state index contributed by atoms with van der Waals surface area (Å²) in [5.41, 5.74) is 3.60. The molecule has 2 N–H and O–H groups in total. The molecule has 0 radical (unpaired) electrons. The number of rotatable bonds is 5. The van der Waals surface area contributed by atoms with Crippen molar-refractivity contribution in [2.75, 3.05) is 28.6 Å². The molecular formula is C19H20BrN3O2. The van der Waals surface area contributed by atoms with Gasteiger partial charge in [0.2, 0.25) is 11.8 Å². The highest BCUT2D eigenvalue weighted by Crippen LogP contribution is 2.23. The second-order valence-electron chi connectivity index (χ2n) is 6.06. The van der Waals surface area contributed by atoms with Gasteiger partial charge in [-0.3, -0.25) is 9.59 Å². The lowest BCUT2D eigenvalue weighted by molar-refractivity contribution is -0.117. The van der Waals surface area contributed by atoms with Crippen molar-refractivity contribution in [3.05, 3.63) is 52.5 Å². The van der Waals surface area contributed by atoms with Crippen LogP contribution in [-0.2, 0) is 9.59 Å². The molecule has 1 fully saturated rings. The summed E-state index contributed by atoms with van der Waals surface area (Å²) in [5, 5.41) is 5.99. The Morgan fingerprint density at radius 1 is 1.20 bits per heavy atom. The summed E-state index contributed by atoms with van der Waals surface area (Å²) < 4.78 is 1.01. The molecule has 0 atom stereocenters. The van der Waals surface area contributed by atoms with Crippen LogP contribution in [0.1, 0.15) is 18.4 Å². The molecule has 1 aliphatic rings. The molecule has 2 aromatic carbocycles. The van der Waals surface area contributed by atoms with E-state index in [1.54, 1.807) is 4.90 Å². The Labute approximate surface area is 155 Å². The van der Waals surface area contributed by atoms with Crippen molar-refractivity contribution in [1.82, 2.24) is 0 Å². The number of benzene rings is 2. The van der Waals surface area contributed by atoms with Crippen LogP contribution < -0.4 is 15.5 Å². The average molecular weight is 402 g/mol. The number of amides is 2. The van der Waals surface area contributed by atoms with Crippen molar-refractivity contribution in [3.63, 3.8) is 0 Å². The monoisotopic (exact) mass is 401 g/mol. The number of nitrogens with one attached hydrogen (secondary N) is 2. The van der Waals surface area contributed by atoms with Gasteiger partial charge in [-0.1, -0.05) is 15.9 Å². The van der Waals surface area contributed by atoms with Gasteiger partial charge in [-0.25, -0.2) is 0 Å². The van der Waals surface area contributed by atoms with E-state index in [2.05, 4.69) is 26.6 Å². The molecule has 0 aliphatic carbocycles. The van der Waals surface area contributed by atoms with E-state index in [1.165, 1.54) is 0 Å². The Bertz CT molecular complexity index is 790. The fourth-order valence-corrected chi connectivity index (χ4v) is 3.33. The Hall–Kier alpha value is -2.34. The first-order chi connectivity index (χ1) is 12.0. The minimum Gasteiger partial charge on any atom is -0.376 e. The van der Waals surface area contributed by atoms with Crippen LogP contribution in [0.25, 0.3) is 0 Å². The van der Waals surface area contributed by atoms with Crippen LogP contribution in [0.5, 0.6) is 0 Å². The maximum absolute atomic E-state index is 12.1. The second-order valence-corrected chi connectivity index (χ2v) is 6.97. The maximum atomic E-state index is 12.1. The van der Waals surface area contributed by atoms with E-state index in [1.807, 2.05) is 49.4 Å². The Balaban J connectivity index is 1.55. The van der Waals surface area contributed by atoms with Gasteiger partial charge in [-0.15, -0.1) is 0 Å². The highest BCUT2D eigenvalue weighted by molar-refractivity contribution is 9.10. The molecule has 0 aromatic heterocycles. The van der Waals surface area contributed by atoms with Gasteiger partial charge < -0.3 is 15.5 Å². The lowest BCUT2D eigenvalue weighted by atomic mass is 10.2. The molecule has 3 rings (SSSR count). The minimum absolute atomic E-state index is 0.118. The van der Waals surface area contributed by atoms with Gasteiger partial charge in [0.15, 0.2) is 0 Å². The standard InChI is InChI=1S/C19H20BrN3O2/c1-13-11-14(20)4-9-17(13)21-12-18(24)22-15-5-7-16(8-6-15)23-10-2-3-19(23)25/h4-9,11,21H,2-3,10,12H2,1H3,(H,22,24). The quantitative estimate of drug-likeness (QED) is 0.797. The fourth-order valence-electron chi connectivity index (χ4n) is 2.85. The first-order valence-electron chi connectivity index (χ1n) is 8.23. The largest absolute Gasteiger partial charge is 0.376 e. The summed E-state index contributed by atoms with van der Waals surface area (Å²) in [7, 11) is 0. The third-order valence-electron chi connectivity index (χ3n) is 4.16. The second kappa shape index (κ2) is 7.70. The summed E-state index contributed by atoms with van der Waals surface area (Å²) in [4.78, 5) is 25.6. The normalized spacial score (nSPS) is 13.8. The molecule has 5 nitrogen and oxygen atoms in total.